The van der Waals surface area contributed by atoms with Gasteiger partial charge in [0.25, 0.3) is 0 Å². The van der Waals surface area contributed by atoms with E-state index in [1.165, 1.54) is 0 Å². The molecule has 11 heavy (non-hydrogen) atoms. The van der Waals surface area contributed by atoms with Gasteiger partial charge in [-0.15, -0.1) is 0 Å². The number of aldehydes is 1. The Morgan fingerprint density at radius 3 is 2.91 bits per heavy atom. The third kappa shape index (κ3) is 2.12. The second-order valence-corrected chi connectivity index (χ2v) is 2.80. The zero-order valence-electron chi connectivity index (χ0n) is 5.90. The molecule has 0 aliphatic rings. The molecule has 1 aromatic heterocycles. The van der Waals surface area contributed by atoms with Crippen molar-refractivity contribution >= 4 is 22.2 Å². The van der Waals surface area contributed by atoms with Gasteiger partial charge in [0.1, 0.15) is 6.29 Å². The van der Waals surface area contributed by atoms with Gasteiger partial charge < -0.3 is 4.79 Å². The molecule has 58 valence electrons. The van der Waals surface area contributed by atoms with E-state index < -0.39 is 0 Å². The fraction of sp³-hybridized carbons (Fsp3) is 0.250. The Morgan fingerprint density at radius 1 is 1.64 bits per heavy atom. The van der Waals surface area contributed by atoms with Crippen molar-refractivity contribution in [1.29, 1.82) is 0 Å². The van der Waals surface area contributed by atoms with Crippen molar-refractivity contribution in [3.63, 3.8) is 0 Å². The molecule has 0 aliphatic carbocycles. The Morgan fingerprint density at radius 2 is 2.45 bits per heavy atom. The number of pyridine rings is 1. The van der Waals surface area contributed by atoms with Crippen LogP contribution < -0.4 is 0 Å². The minimum Gasteiger partial charge on any atom is -0.303 e. The molecule has 1 unspecified atom stereocenters. The van der Waals surface area contributed by atoms with Crippen molar-refractivity contribution in [2.45, 2.75) is 5.92 Å². The van der Waals surface area contributed by atoms with Crippen LogP contribution in [0.25, 0.3) is 0 Å². The molecular weight excluding hydrogens is 206 g/mol. The number of halogens is 1. The molecule has 0 amide bonds. The second-order valence-electron chi connectivity index (χ2n) is 2.15. The van der Waals surface area contributed by atoms with Crippen molar-refractivity contribution in [3.8, 4) is 0 Å². The van der Waals surface area contributed by atoms with Gasteiger partial charge in [0.05, 0.1) is 11.6 Å². The van der Waals surface area contributed by atoms with E-state index in [1.54, 1.807) is 6.20 Å². The topological polar surface area (TPSA) is 30.0 Å². The van der Waals surface area contributed by atoms with E-state index in [4.69, 9.17) is 0 Å². The van der Waals surface area contributed by atoms with E-state index in [0.717, 1.165) is 12.0 Å². The van der Waals surface area contributed by atoms with E-state index in [2.05, 4.69) is 20.9 Å². The molecule has 1 heterocycles. The van der Waals surface area contributed by atoms with Gasteiger partial charge in [-0.2, -0.15) is 0 Å². The largest absolute Gasteiger partial charge is 0.303 e. The quantitative estimate of drug-likeness (QED) is 0.566. The molecule has 0 fully saturated rings. The maximum Gasteiger partial charge on any atom is 0.129 e. The molecule has 1 rings (SSSR count). The van der Waals surface area contributed by atoms with Gasteiger partial charge in [-0.3, -0.25) is 4.98 Å². The van der Waals surface area contributed by atoms with Crippen LogP contribution in [0.4, 0.5) is 0 Å². The van der Waals surface area contributed by atoms with Gasteiger partial charge in [0, 0.05) is 11.5 Å². The first kappa shape index (κ1) is 8.40. The monoisotopic (exact) mass is 213 g/mol. The van der Waals surface area contributed by atoms with Gasteiger partial charge in [-0.1, -0.05) is 22.0 Å². The summed E-state index contributed by atoms with van der Waals surface area (Å²) in [5.41, 5.74) is 0.819. The molecule has 0 aromatic carbocycles. The molecule has 1 aromatic rings. The van der Waals surface area contributed by atoms with E-state index >= 15 is 0 Å². The smallest absolute Gasteiger partial charge is 0.129 e. The number of hydrogen-bond acceptors (Lipinski definition) is 2. The fourth-order valence-corrected chi connectivity index (χ4v) is 1.26. The molecule has 0 radical (unpaired) electrons. The first-order chi connectivity index (χ1) is 5.38. The summed E-state index contributed by atoms with van der Waals surface area (Å²) in [6, 6.07) is 5.56. The normalized spacial score (nSPS) is 12.5. The summed E-state index contributed by atoms with van der Waals surface area (Å²) in [6.07, 6.45) is 2.59. The number of nitrogens with zero attached hydrogens (tertiary/aromatic N) is 1. The molecule has 2 nitrogen and oxygen atoms in total. The second kappa shape index (κ2) is 4.23. The van der Waals surface area contributed by atoms with Crippen molar-refractivity contribution in [2.75, 3.05) is 5.33 Å². The number of carbonyl (C=O) groups excluding carboxylic acids is 1. The van der Waals surface area contributed by atoms with Crippen LogP contribution in [0.15, 0.2) is 24.4 Å². The van der Waals surface area contributed by atoms with E-state index in [0.29, 0.717) is 5.33 Å². The highest BCUT2D eigenvalue weighted by molar-refractivity contribution is 9.09. The van der Waals surface area contributed by atoms with Gasteiger partial charge in [0.2, 0.25) is 0 Å². The van der Waals surface area contributed by atoms with Crippen molar-refractivity contribution in [1.82, 2.24) is 4.98 Å². The summed E-state index contributed by atoms with van der Waals surface area (Å²) >= 11 is 3.24. The van der Waals surface area contributed by atoms with Crippen LogP contribution >= 0.6 is 15.9 Å². The Labute approximate surface area is 73.8 Å². The molecule has 0 aliphatic heterocycles. The predicted octanol–water partition coefficient (Wildman–Crippen LogP) is 1.76. The number of alkyl halides is 1. The maximum atomic E-state index is 10.5. The van der Waals surface area contributed by atoms with Crippen LogP contribution in [0.2, 0.25) is 0 Å². The zero-order chi connectivity index (χ0) is 8.10. The summed E-state index contributed by atoms with van der Waals surface area (Å²) < 4.78 is 0. The molecule has 0 spiro atoms. The summed E-state index contributed by atoms with van der Waals surface area (Å²) in [7, 11) is 0. The highest BCUT2D eigenvalue weighted by Gasteiger charge is 2.07. The minimum atomic E-state index is -0.115. The first-order valence-corrected chi connectivity index (χ1v) is 4.43. The van der Waals surface area contributed by atoms with Crippen LogP contribution in [0.1, 0.15) is 11.6 Å². The zero-order valence-corrected chi connectivity index (χ0v) is 7.49. The van der Waals surface area contributed by atoms with Crippen LogP contribution in [-0.2, 0) is 4.79 Å². The fourth-order valence-electron chi connectivity index (χ4n) is 0.780. The molecule has 1 atom stereocenters. The summed E-state index contributed by atoms with van der Waals surface area (Å²) in [6.45, 7) is 0. The van der Waals surface area contributed by atoms with E-state index in [1.807, 2.05) is 18.2 Å². The molecule has 0 N–H and O–H groups in total. The van der Waals surface area contributed by atoms with Crippen LogP contribution in [0.5, 0.6) is 0 Å². The molecule has 0 bridgehead atoms. The van der Waals surface area contributed by atoms with Crippen LogP contribution in [0.3, 0.4) is 0 Å². The Kier molecular flexibility index (Phi) is 3.23. The Hall–Kier alpha value is -0.700. The highest BCUT2D eigenvalue weighted by Crippen LogP contribution is 2.11. The standard InChI is InChI=1S/C8H8BrNO/c9-5-7(6-11)8-3-1-2-4-10-8/h1-4,6-7H,5H2. The summed E-state index contributed by atoms with van der Waals surface area (Å²) in [4.78, 5) is 14.5. The lowest BCUT2D eigenvalue weighted by atomic mass is 10.1. The third-order valence-corrected chi connectivity index (χ3v) is 2.10. The Balaban J connectivity index is 2.82. The van der Waals surface area contributed by atoms with E-state index in [-0.39, 0.29) is 5.92 Å². The van der Waals surface area contributed by atoms with Crippen molar-refractivity contribution in [3.05, 3.63) is 30.1 Å². The third-order valence-electron chi connectivity index (χ3n) is 1.40. The first-order valence-electron chi connectivity index (χ1n) is 3.30. The number of carbonyl (C=O) groups is 1. The van der Waals surface area contributed by atoms with Crippen LogP contribution in [-0.4, -0.2) is 16.6 Å². The maximum absolute atomic E-state index is 10.5. The molecule has 3 heteroatoms. The van der Waals surface area contributed by atoms with Gasteiger partial charge in [0.15, 0.2) is 0 Å². The van der Waals surface area contributed by atoms with Gasteiger partial charge in [-0.25, -0.2) is 0 Å². The average Bonchev–Trinajstić information content (AvgIpc) is 2.09. The van der Waals surface area contributed by atoms with Crippen molar-refractivity contribution < 1.29 is 4.79 Å². The van der Waals surface area contributed by atoms with Crippen molar-refractivity contribution in [2.24, 2.45) is 0 Å². The van der Waals surface area contributed by atoms with E-state index in [9.17, 15) is 4.79 Å². The number of rotatable bonds is 3. The molecule has 0 saturated heterocycles. The van der Waals surface area contributed by atoms with Gasteiger partial charge >= 0.3 is 0 Å². The lowest BCUT2D eigenvalue weighted by Crippen LogP contribution is -2.02. The lowest BCUT2D eigenvalue weighted by molar-refractivity contribution is -0.108. The number of aromatic nitrogens is 1. The van der Waals surface area contributed by atoms with Gasteiger partial charge in [-0.05, 0) is 12.1 Å². The minimum absolute atomic E-state index is 0.115. The average molecular weight is 214 g/mol. The predicted molar refractivity (Wildman–Crippen MR) is 46.8 cm³/mol. The van der Waals surface area contributed by atoms with Crippen LogP contribution in [0, 0.1) is 0 Å². The SMILES string of the molecule is O=CC(CBr)c1ccccn1. The summed E-state index contributed by atoms with van der Waals surface area (Å²) in [5, 5.41) is 0.632. The lowest BCUT2D eigenvalue weighted by Gasteiger charge is -2.03. The number of hydrogen-bond donors (Lipinski definition) is 0. The Bertz CT molecular complexity index is 225. The summed E-state index contributed by atoms with van der Waals surface area (Å²) in [5.74, 6) is -0.115. The molecular formula is C8H8BrNO. The highest BCUT2D eigenvalue weighted by atomic mass is 79.9. The molecule has 0 saturated carbocycles.